The molecule has 2 N–H and O–H groups in total. The number of nitrogens with one attached hydrogen (secondary N) is 2. The lowest BCUT2D eigenvalue weighted by molar-refractivity contribution is -0.118. The summed E-state index contributed by atoms with van der Waals surface area (Å²) in [6.07, 6.45) is 0.990. The van der Waals surface area contributed by atoms with E-state index < -0.39 is 0 Å². The number of aryl methyl sites for hydroxylation is 1. The van der Waals surface area contributed by atoms with Crippen LogP contribution in [0.5, 0.6) is 11.5 Å². The number of amides is 1. The third-order valence-electron chi connectivity index (χ3n) is 4.70. The smallest absolute Gasteiger partial charge is 0.262 e. The van der Waals surface area contributed by atoms with Crippen LogP contribution in [-0.2, 0) is 11.3 Å². The van der Waals surface area contributed by atoms with Crippen LogP contribution in [0.4, 0.5) is 5.69 Å². The third kappa shape index (κ3) is 6.24. The minimum absolute atomic E-state index is 0.0113. The fraction of sp³-hybridized carbons (Fsp3) is 0.409. The van der Waals surface area contributed by atoms with Gasteiger partial charge in [0, 0.05) is 27.8 Å². The lowest BCUT2D eigenvalue weighted by atomic mass is 10.0. The van der Waals surface area contributed by atoms with E-state index in [1.165, 1.54) is 0 Å². The second kappa shape index (κ2) is 9.94. The van der Waals surface area contributed by atoms with E-state index in [0.29, 0.717) is 18.0 Å². The zero-order chi connectivity index (χ0) is 20.7. The quantitative estimate of drug-likeness (QED) is 0.562. The topological polar surface area (TPSA) is 59.6 Å². The van der Waals surface area contributed by atoms with Crippen molar-refractivity contribution < 1.29 is 14.3 Å². The molecule has 0 fully saturated rings. The number of ether oxygens (including phenoxy) is 2. The van der Waals surface area contributed by atoms with Gasteiger partial charge in [-0.3, -0.25) is 4.79 Å². The number of methoxy groups -OCH3 is 1. The van der Waals surface area contributed by atoms with Crippen molar-refractivity contribution in [2.45, 2.75) is 46.2 Å². The molecule has 0 atom stereocenters. The summed E-state index contributed by atoms with van der Waals surface area (Å²) in [6, 6.07) is 11.4. The highest BCUT2D eigenvalue weighted by Gasteiger charge is 2.20. The molecule has 0 bridgehead atoms. The maximum Gasteiger partial charge on any atom is 0.262 e. The molecule has 28 heavy (non-hydrogen) atoms. The molecule has 0 aliphatic rings. The van der Waals surface area contributed by atoms with E-state index in [9.17, 15) is 4.79 Å². The highest BCUT2D eigenvalue weighted by atomic mass is 79.9. The van der Waals surface area contributed by atoms with Gasteiger partial charge in [-0.15, -0.1) is 0 Å². The van der Waals surface area contributed by atoms with Crippen LogP contribution in [0.1, 0.15) is 38.3 Å². The minimum atomic E-state index is -0.223. The highest BCUT2D eigenvalue weighted by molar-refractivity contribution is 9.10. The van der Waals surface area contributed by atoms with E-state index in [1.807, 2.05) is 43.3 Å². The zero-order valence-electron chi connectivity index (χ0n) is 17.2. The van der Waals surface area contributed by atoms with Gasteiger partial charge in [-0.25, -0.2) is 0 Å². The Hall–Kier alpha value is -2.05. The summed E-state index contributed by atoms with van der Waals surface area (Å²) in [6.45, 7) is 8.93. The molecule has 2 rings (SSSR count). The summed E-state index contributed by atoms with van der Waals surface area (Å²) >= 11 is 3.59. The second-order valence-electron chi connectivity index (χ2n) is 7.35. The Morgan fingerprint density at radius 1 is 1.14 bits per heavy atom. The van der Waals surface area contributed by atoms with Gasteiger partial charge in [0.25, 0.3) is 5.91 Å². The first-order valence-electron chi connectivity index (χ1n) is 9.35. The number of carbonyl (C=O) groups is 1. The fourth-order valence-electron chi connectivity index (χ4n) is 2.49. The number of hydrogen-bond donors (Lipinski definition) is 2. The van der Waals surface area contributed by atoms with Crippen LogP contribution in [0.15, 0.2) is 40.9 Å². The number of benzene rings is 2. The van der Waals surface area contributed by atoms with Crippen LogP contribution < -0.4 is 20.1 Å². The zero-order valence-corrected chi connectivity index (χ0v) is 18.8. The largest absolute Gasteiger partial charge is 0.493 e. The van der Waals surface area contributed by atoms with E-state index in [1.54, 1.807) is 7.11 Å². The van der Waals surface area contributed by atoms with Crippen molar-refractivity contribution >= 4 is 27.5 Å². The summed E-state index contributed by atoms with van der Waals surface area (Å²) in [4.78, 5) is 12.3. The Kier molecular flexibility index (Phi) is 7.89. The molecule has 0 saturated heterocycles. The lowest BCUT2D eigenvalue weighted by Gasteiger charge is -2.26. The van der Waals surface area contributed by atoms with E-state index in [2.05, 4.69) is 47.3 Å². The van der Waals surface area contributed by atoms with Crippen molar-refractivity contribution in [2.24, 2.45) is 0 Å². The fourth-order valence-corrected chi connectivity index (χ4v) is 2.94. The van der Waals surface area contributed by atoms with Crippen molar-refractivity contribution in [1.29, 1.82) is 0 Å². The van der Waals surface area contributed by atoms with Crippen molar-refractivity contribution in [3.05, 3.63) is 52.0 Å². The molecule has 0 radical (unpaired) electrons. The van der Waals surface area contributed by atoms with E-state index in [4.69, 9.17) is 9.47 Å². The lowest BCUT2D eigenvalue weighted by Crippen LogP contribution is -2.38. The van der Waals surface area contributed by atoms with Crippen LogP contribution in [0.3, 0.4) is 0 Å². The van der Waals surface area contributed by atoms with Crippen molar-refractivity contribution in [3.63, 3.8) is 0 Å². The van der Waals surface area contributed by atoms with Crippen molar-refractivity contribution in [2.75, 3.05) is 19.0 Å². The first kappa shape index (κ1) is 22.2. The van der Waals surface area contributed by atoms with Gasteiger partial charge in [0.2, 0.25) is 0 Å². The maximum absolute atomic E-state index is 12.3. The second-order valence-corrected chi connectivity index (χ2v) is 8.21. The molecule has 2 aromatic rings. The van der Waals surface area contributed by atoms with Gasteiger partial charge in [-0.1, -0.05) is 40.5 Å². The Labute approximate surface area is 175 Å². The normalized spacial score (nSPS) is 11.2. The molecule has 152 valence electrons. The molecule has 0 aliphatic heterocycles. The standard InChI is InChI=1S/C22H29BrN2O3/c1-6-22(3,4)24-13-17-18(23)11-12-19(27-5)21(17)28-14-20(26)25-16-9-7-15(2)8-10-16/h7-12,24H,6,13-14H2,1-5H3,(H,25,26). The molecule has 0 aromatic heterocycles. The minimum Gasteiger partial charge on any atom is -0.493 e. The SMILES string of the molecule is CCC(C)(C)NCc1c(Br)ccc(OC)c1OCC(=O)Nc1ccc(C)cc1. The van der Waals surface area contributed by atoms with Crippen molar-refractivity contribution in [3.8, 4) is 11.5 Å². The highest BCUT2D eigenvalue weighted by Crippen LogP contribution is 2.36. The molecular weight excluding hydrogens is 420 g/mol. The molecule has 1 amide bonds. The Balaban J connectivity index is 2.12. The van der Waals surface area contributed by atoms with E-state index in [-0.39, 0.29) is 18.1 Å². The molecule has 0 saturated carbocycles. The van der Waals surface area contributed by atoms with Crippen LogP contribution in [0.25, 0.3) is 0 Å². The number of rotatable bonds is 9. The van der Waals surface area contributed by atoms with Crippen LogP contribution >= 0.6 is 15.9 Å². The predicted octanol–water partition coefficient (Wildman–Crippen LogP) is 5.06. The Morgan fingerprint density at radius 3 is 2.43 bits per heavy atom. The van der Waals surface area contributed by atoms with Gasteiger partial charge in [0.1, 0.15) is 0 Å². The molecular formula is C22H29BrN2O3. The molecule has 0 aliphatic carbocycles. The Morgan fingerprint density at radius 2 is 1.82 bits per heavy atom. The van der Waals surface area contributed by atoms with E-state index >= 15 is 0 Å². The van der Waals surface area contributed by atoms with Gasteiger partial charge in [-0.2, -0.15) is 0 Å². The average Bonchev–Trinajstić information content (AvgIpc) is 2.67. The number of anilines is 1. The number of carbonyl (C=O) groups excluding carboxylic acids is 1. The molecule has 5 nitrogen and oxygen atoms in total. The van der Waals surface area contributed by atoms with Crippen LogP contribution in [0, 0.1) is 6.92 Å². The molecule has 0 spiro atoms. The molecule has 6 heteroatoms. The monoisotopic (exact) mass is 448 g/mol. The summed E-state index contributed by atoms with van der Waals surface area (Å²) in [5.74, 6) is 0.937. The van der Waals surface area contributed by atoms with Gasteiger partial charge >= 0.3 is 0 Å². The molecule has 0 heterocycles. The molecule has 0 unspecified atom stereocenters. The number of hydrogen-bond acceptors (Lipinski definition) is 4. The first-order chi connectivity index (χ1) is 13.3. The third-order valence-corrected chi connectivity index (χ3v) is 5.44. The summed E-state index contributed by atoms with van der Waals surface area (Å²) in [5.41, 5.74) is 2.79. The summed E-state index contributed by atoms with van der Waals surface area (Å²) < 4.78 is 12.3. The first-order valence-corrected chi connectivity index (χ1v) is 10.1. The van der Waals surface area contributed by atoms with Gasteiger partial charge in [-0.05, 0) is 51.5 Å². The Bertz CT molecular complexity index is 804. The molecule has 2 aromatic carbocycles. The predicted molar refractivity (Wildman–Crippen MR) is 117 cm³/mol. The van der Waals surface area contributed by atoms with E-state index in [0.717, 1.165) is 27.7 Å². The summed E-state index contributed by atoms with van der Waals surface area (Å²) in [5, 5.41) is 6.37. The van der Waals surface area contributed by atoms with Crippen LogP contribution in [-0.4, -0.2) is 25.2 Å². The summed E-state index contributed by atoms with van der Waals surface area (Å²) in [7, 11) is 1.59. The maximum atomic E-state index is 12.3. The van der Waals surface area contributed by atoms with Crippen LogP contribution in [0.2, 0.25) is 0 Å². The van der Waals surface area contributed by atoms with Gasteiger partial charge < -0.3 is 20.1 Å². The average molecular weight is 449 g/mol. The van der Waals surface area contributed by atoms with Gasteiger partial charge in [0.15, 0.2) is 18.1 Å². The number of halogens is 1. The van der Waals surface area contributed by atoms with Crippen molar-refractivity contribution in [1.82, 2.24) is 5.32 Å². The van der Waals surface area contributed by atoms with Gasteiger partial charge in [0.05, 0.1) is 7.11 Å².